The molecule has 1 amide bonds. The molecule has 1 atom stereocenters. The first-order valence-corrected chi connectivity index (χ1v) is 11.3. The number of benzene rings is 3. The molecule has 1 saturated carbocycles. The van der Waals surface area contributed by atoms with Crippen LogP contribution in [0.25, 0.3) is 0 Å². The third kappa shape index (κ3) is 3.54. The quantitative estimate of drug-likeness (QED) is 0.573. The van der Waals surface area contributed by atoms with Crippen LogP contribution < -0.4 is 10.1 Å². The number of ether oxygens (including phenoxy) is 1. The second-order valence-electron chi connectivity index (χ2n) is 8.50. The van der Waals surface area contributed by atoms with Crippen LogP contribution in [0.5, 0.6) is 11.5 Å². The largest absolute Gasteiger partial charge is 0.457 e. The summed E-state index contributed by atoms with van der Waals surface area (Å²) in [7, 11) is 0. The molecule has 1 aliphatic carbocycles. The highest BCUT2D eigenvalue weighted by molar-refractivity contribution is 6.10. The molecule has 5 heteroatoms. The van der Waals surface area contributed by atoms with E-state index in [9.17, 15) is 4.79 Å². The van der Waals surface area contributed by atoms with Crippen LogP contribution in [0, 0.1) is 5.41 Å². The Bertz CT molecular complexity index is 1110. The molecular weight excluding hydrogens is 398 g/mol. The number of guanidine groups is 1. The number of carbonyl (C=O) groups is 1. The van der Waals surface area contributed by atoms with E-state index in [-0.39, 0.29) is 17.9 Å². The van der Waals surface area contributed by atoms with Crippen LogP contribution in [0.4, 0.5) is 0 Å². The van der Waals surface area contributed by atoms with Crippen molar-refractivity contribution >= 4 is 11.9 Å². The third-order valence-electron chi connectivity index (χ3n) is 6.48. The Morgan fingerprint density at radius 2 is 1.44 bits per heavy atom. The minimum Gasteiger partial charge on any atom is -0.457 e. The molecule has 0 aromatic heterocycles. The van der Waals surface area contributed by atoms with Crippen LogP contribution in [0.1, 0.15) is 43.2 Å². The molecule has 3 aromatic rings. The molecule has 3 aromatic carbocycles. The number of amides is 1. The zero-order chi connectivity index (χ0) is 22.0. The van der Waals surface area contributed by atoms with Gasteiger partial charge in [-0.3, -0.25) is 15.1 Å². The van der Waals surface area contributed by atoms with Crippen molar-refractivity contribution in [3.63, 3.8) is 0 Å². The van der Waals surface area contributed by atoms with Crippen molar-refractivity contribution in [1.29, 1.82) is 5.41 Å². The normalized spacial score (nSPS) is 21.4. The highest BCUT2D eigenvalue weighted by Gasteiger charge is 2.54. The number of rotatable bonds is 5. The molecule has 1 heterocycles. The molecule has 0 bridgehead atoms. The molecule has 0 spiro atoms. The van der Waals surface area contributed by atoms with Crippen LogP contribution in [0.2, 0.25) is 0 Å². The zero-order valence-electron chi connectivity index (χ0n) is 18.0. The summed E-state index contributed by atoms with van der Waals surface area (Å²) in [5.74, 6) is 1.49. The van der Waals surface area contributed by atoms with Crippen molar-refractivity contribution in [1.82, 2.24) is 10.2 Å². The van der Waals surface area contributed by atoms with Crippen LogP contribution >= 0.6 is 0 Å². The maximum Gasteiger partial charge on any atom is 0.264 e. The summed E-state index contributed by atoms with van der Waals surface area (Å²) in [5, 5.41) is 12.0. The second kappa shape index (κ2) is 8.50. The molecule has 2 N–H and O–H groups in total. The molecule has 32 heavy (non-hydrogen) atoms. The summed E-state index contributed by atoms with van der Waals surface area (Å²) in [5.41, 5.74) is 0.446. The third-order valence-corrected chi connectivity index (χ3v) is 6.48. The van der Waals surface area contributed by atoms with Crippen molar-refractivity contribution < 1.29 is 9.53 Å². The predicted molar refractivity (Wildman–Crippen MR) is 125 cm³/mol. The smallest absolute Gasteiger partial charge is 0.264 e. The van der Waals surface area contributed by atoms with Gasteiger partial charge < -0.3 is 10.1 Å². The Morgan fingerprint density at radius 1 is 0.812 bits per heavy atom. The summed E-state index contributed by atoms with van der Waals surface area (Å²) in [4.78, 5) is 15.8. The van der Waals surface area contributed by atoms with Gasteiger partial charge in [0.1, 0.15) is 11.5 Å². The van der Waals surface area contributed by atoms with Gasteiger partial charge in [0.05, 0.1) is 0 Å². The highest BCUT2D eigenvalue weighted by atomic mass is 16.5. The molecular formula is C27H27N3O2. The van der Waals surface area contributed by atoms with Crippen LogP contribution in [-0.4, -0.2) is 22.8 Å². The maximum absolute atomic E-state index is 14.1. The highest BCUT2D eigenvalue weighted by Crippen LogP contribution is 2.40. The lowest BCUT2D eigenvalue weighted by Crippen LogP contribution is -2.46. The van der Waals surface area contributed by atoms with Gasteiger partial charge in [0.2, 0.25) is 0 Å². The van der Waals surface area contributed by atoms with Gasteiger partial charge in [0, 0.05) is 6.04 Å². The molecule has 1 aliphatic heterocycles. The van der Waals surface area contributed by atoms with Crippen molar-refractivity contribution in [2.24, 2.45) is 0 Å². The van der Waals surface area contributed by atoms with E-state index in [0.717, 1.165) is 42.6 Å². The minimum atomic E-state index is -1.15. The topological polar surface area (TPSA) is 65.4 Å². The van der Waals surface area contributed by atoms with E-state index >= 15 is 0 Å². The van der Waals surface area contributed by atoms with E-state index < -0.39 is 5.54 Å². The van der Waals surface area contributed by atoms with Crippen LogP contribution in [0.15, 0.2) is 84.9 Å². The fourth-order valence-corrected chi connectivity index (χ4v) is 4.92. The van der Waals surface area contributed by atoms with Gasteiger partial charge in [-0.1, -0.05) is 79.9 Å². The van der Waals surface area contributed by atoms with Crippen molar-refractivity contribution in [3.05, 3.63) is 96.1 Å². The number of carbonyl (C=O) groups excluding carboxylic acids is 1. The van der Waals surface area contributed by atoms with Crippen molar-refractivity contribution in [2.45, 2.75) is 43.7 Å². The van der Waals surface area contributed by atoms with E-state index in [0.29, 0.717) is 5.75 Å². The average Bonchev–Trinajstić information content (AvgIpc) is 3.12. The van der Waals surface area contributed by atoms with E-state index in [1.807, 2.05) is 84.9 Å². The first kappa shape index (κ1) is 20.3. The minimum absolute atomic E-state index is 0.0746. The van der Waals surface area contributed by atoms with Gasteiger partial charge in [-0.25, -0.2) is 0 Å². The summed E-state index contributed by atoms with van der Waals surface area (Å²) in [6.07, 6.45) is 5.28. The van der Waals surface area contributed by atoms with E-state index in [4.69, 9.17) is 10.1 Å². The molecule has 0 radical (unpaired) electrons. The first-order chi connectivity index (χ1) is 15.7. The van der Waals surface area contributed by atoms with E-state index in [1.54, 1.807) is 4.90 Å². The number of nitrogens with zero attached hydrogens (tertiary/aromatic N) is 1. The number of hydrogen-bond donors (Lipinski definition) is 2. The van der Waals surface area contributed by atoms with E-state index in [2.05, 4.69) is 5.32 Å². The van der Waals surface area contributed by atoms with Gasteiger partial charge in [-0.15, -0.1) is 0 Å². The van der Waals surface area contributed by atoms with Crippen molar-refractivity contribution in [2.75, 3.05) is 0 Å². The molecule has 5 rings (SSSR count). The Balaban J connectivity index is 1.58. The van der Waals surface area contributed by atoms with Crippen molar-refractivity contribution in [3.8, 4) is 11.5 Å². The van der Waals surface area contributed by atoms with Crippen LogP contribution in [-0.2, 0) is 10.3 Å². The fourth-order valence-electron chi connectivity index (χ4n) is 4.92. The standard InChI is InChI=1S/C27H27N3O2/c28-26-29-27(20-11-4-1-5-12-20,25(31)30(26)22-14-6-2-7-15-22)21-13-10-18-24(19-21)32-23-16-8-3-9-17-23/h1,3-5,8-13,16-19,22H,2,6-7,14-15H2,(H2,28,29). The van der Waals surface area contributed by atoms with Gasteiger partial charge in [-0.2, -0.15) is 0 Å². The SMILES string of the molecule is N=C1NC(c2ccccc2)(c2cccc(Oc3ccccc3)c2)C(=O)N1C1CCCCC1. The molecule has 2 aliphatic rings. The van der Waals surface area contributed by atoms with Crippen LogP contribution in [0.3, 0.4) is 0 Å². The summed E-state index contributed by atoms with van der Waals surface area (Å²) < 4.78 is 6.06. The lowest BCUT2D eigenvalue weighted by Gasteiger charge is -2.32. The number of hydrogen-bond acceptors (Lipinski definition) is 3. The Hall–Kier alpha value is -3.60. The maximum atomic E-state index is 14.1. The predicted octanol–water partition coefficient (Wildman–Crippen LogP) is 5.42. The van der Waals surface area contributed by atoms with Gasteiger partial charge in [-0.05, 0) is 48.2 Å². The van der Waals surface area contributed by atoms with Gasteiger partial charge in [0.25, 0.3) is 5.91 Å². The molecule has 162 valence electrons. The zero-order valence-corrected chi connectivity index (χ0v) is 18.0. The monoisotopic (exact) mass is 425 g/mol. The Kier molecular flexibility index (Phi) is 5.39. The Labute approximate surface area is 188 Å². The molecule has 1 saturated heterocycles. The first-order valence-electron chi connectivity index (χ1n) is 11.3. The molecule has 2 fully saturated rings. The van der Waals surface area contributed by atoms with E-state index in [1.165, 1.54) is 6.42 Å². The lowest BCUT2D eigenvalue weighted by molar-refractivity contribution is -0.131. The number of nitrogens with one attached hydrogen (secondary N) is 2. The summed E-state index contributed by atoms with van der Waals surface area (Å²) in [6, 6.07) is 27.0. The average molecular weight is 426 g/mol. The summed E-state index contributed by atoms with van der Waals surface area (Å²) in [6.45, 7) is 0. The Morgan fingerprint density at radius 3 is 2.16 bits per heavy atom. The summed E-state index contributed by atoms with van der Waals surface area (Å²) >= 11 is 0. The lowest BCUT2D eigenvalue weighted by atomic mass is 9.82. The van der Waals surface area contributed by atoms with Gasteiger partial charge >= 0.3 is 0 Å². The molecule has 5 nitrogen and oxygen atoms in total. The van der Waals surface area contributed by atoms with Gasteiger partial charge in [0.15, 0.2) is 11.5 Å². The number of para-hydroxylation sites is 1. The molecule has 1 unspecified atom stereocenters. The fraction of sp³-hybridized carbons (Fsp3) is 0.259. The second-order valence-corrected chi connectivity index (χ2v) is 8.50.